The Bertz CT molecular complexity index is 649. The number of hydrogen-bond acceptors (Lipinski definition) is 5. The van der Waals surface area contributed by atoms with Gasteiger partial charge in [-0.05, 0) is 38.0 Å². The first kappa shape index (κ1) is 20.9. The summed E-state index contributed by atoms with van der Waals surface area (Å²) in [5.74, 6) is -0.0269. The second kappa shape index (κ2) is 10.1. The van der Waals surface area contributed by atoms with Gasteiger partial charge in [-0.15, -0.1) is 0 Å². The second-order valence-corrected chi connectivity index (χ2v) is 6.51. The van der Waals surface area contributed by atoms with Gasteiger partial charge in [0.2, 0.25) is 6.10 Å². The van der Waals surface area contributed by atoms with E-state index in [2.05, 4.69) is 9.89 Å². The third kappa shape index (κ3) is 6.08. The third-order valence-electron chi connectivity index (χ3n) is 4.64. The van der Waals surface area contributed by atoms with Crippen LogP contribution >= 0.6 is 0 Å². The fourth-order valence-corrected chi connectivity index (χ4v) is 3.12. The van der Waals surface area contributed by atoms with Gasteiger partial charge < -0.3 is 19.2 Å². The minimum Gasteiger partial charge on any atom is -0.493 e. The predicted octanol–water partition coefficient (Wildman–Crippen LogP) is 3.83. The molecule has 6 nitrogen and oxygen atoms in total. The Hall–Kier alpha value is -2.38. The van der Waals surface area contributed by atoms with E-state index in [1.165, 1.54) is 37.9 Å². The second-order valence-electron chi connectivity index (χ2n) is 6.51. The van der Waals surface area contributed by atoms with Gasteiger partial charge in [0.05, 0.1) is 13.3 Å². The van der Waals surface area contributed by atoms with Gasteiger partial charge in [0.1, 0.15) is 0 Å². The van der Waals surface area contributed by atoms with Gasteiger partial charge >= 0.3 is 6.61 Å². The average Bonchev–Trinajstić information content (AvgIpc) is 2.68. The largest absolute Gasteiger partial charge is 0.493 e. The molecule has 1 aliphatic carbocycles. The number of methoxy groups -OCH3 is 1. The fourth-order valence-electron chi connectivity index (χ4n) is 3.12. The summed E-state index contributed by atoms with van der Waals surface area (Å²) in [6.07, 6.45) is 6.22. The van der Waals surface area contributed by atoms with Crippen molar-refractivity contribution in [3.63, 3.8) is 0 Å². The number of rotatable bonds is 8. The van der Waals surface area contributed by atoms with Crippen LogP contribution in [0.1, 0.15) is 44.6 Å². The Balaban J connectivity index is 1.92. The molecule has 1 atom stereocenters. The van der Waals surface area contributed by atoms with Gasteiger partial charge in [0.15, 0.2) is 11.5 Å². The van der Waals surface area contributed by atoms with Gasteiger partial charge in [-0.25, -0.2) is 0 Å². The van der Waals surface area contributed by atoms with Crippen LogP contribution < -0.4 is 9.47 Å². The summed E-state index contributed by atoms with van der Waals surface area (Å²) in [6, 6.07) is 4.64. The van der Waals surface area contributed by atoms with Crippen LogP contribution in [0.5, 0.6) is 11.5 Å². The number of alkyl halides is 2. The molecule has 27 heavy (non-hydrogen) atoms. The van der Waals surface area contributed by atoms with Crippen molar-refractivity contribution in [2.45, 2.75) is 57.8 Å². The van der Waals surface area contributed by atoms with Crippen LogP contribution in [0.4, 0.5) is 8.78 Å². The Kier molecular flexibility index (Phi) is 7.82. The van der Waals surface area contributed by atoms with E-state index in [9.17, 15) is 13.6 Å². The van der Waals surface area contributed by atoms with Crippen LogP contribution in [0.2, 0.25) is 0 Å². The Morgan fingerprint density at radius 2 is 1.96 bits per heavy atom. The molecular weight excluding hydrogens is 358 g/mol. The highest BCUT2D eigenvalue weighted by Gasteiger charge is 2.26. The van der Waals surface area contributed by atoms with Crippen LogP contribution in [-0.2, 0) is 9.63 Å². The molecule has 1 aromatic carbocycles. The molecule has 1 aromatic rings. The molecule has 1 fully saturated rings. The van der Waals surface area contributed by atoms with Gasteiger partial charge in [-0.1, -0.05) is 24.4 Å². The number of carbonyl (C=O) groups is 1. The Labute approximate surface area is 158 Å². The van der Waals surface area contributed by atoms with Gasteiger partial charge in [0.25, 0.3) is 5.91 Å². The van der Waals surface area contributed by atoms with E-state index in [0.717, 1.165) is 25.7 Å². The van der Waals surface area contributed by atoms with Crippen molar-refractivity contribution in [1.82, 2.24) is 4.90 Å². The molecule has 150 valence electrons. The molecule has 0 radical (unpaired) electrons. The van der Waals surface area contributed by atoms with E-state index in [0.29, 0.717) is 5.56 Å². The van der Waals surface area contributed by atoms with Crippen molar-refractivity contribution < 1.29 is 27.9 Å². The normalized spacial score (nSPS) is 16.4. The SMILES string of the molecule is COc1cc(C=NOC(C)C(=O)N(C)C2CCCCC2)ccc1OC(F)F. The zero-order chi connectivity index (χ0) is 19.8. The highest BCUT2D eigenvalue weighted by atomic mass is 19.3. The first-order chi connectivity index (χ1) is 12.9. The molecule has 2 rings (SSSR count). The lowest BCUT2D eigenvalue weighted by Gasteiger charge is -2.32. The van der Waals surface area contributed by atoms with Crippen molar-refractivity contribution in [2.75, 3.05) is 14.2 Å². The molecule has 0 N–H and O–H groups in total. The number of carbonyl (C=O) groups excluding carboxylic acids is 1. The summed E-state index contributed by atoms with van der Waals surface area (Å²) in [7, 11) is 3.15. The molecule has 1 aliphatic rings. The van der Waals surface area contributed by atoms with E-state index in [1.54, 1.807) is 18.9 Å². The van der Waals surface area contributed by atoms with E-state index < -0.39 is 12.7 Å². The molecular formula is C19H26F2N2O4. The van der Waals surface area contributed by atoms with Crippen LogP contribution in [0.25, 0.3) is 0 Å². The van der Waals surface area contributed by atoms with Crippen LogP contribution in [0, 0.1) is 0 Å². The molecule has 1 amide bonds. The number of ether oxygens (including phenoxy) is 2. The summed E-state index contributed by atoms with van der Waals surface area (Å²) < 4.78 is 34.1. The number of halogens is 2. The third-order valence-corrected chi connectivity index (χ3v) is 4.64. The Morgan fingerprint density at radius 3 is 2.59 bits per heavy atom. The zero-order valence-electron chi connectivity index (χ0n) is 15.9. The maximum absolute atomic E-state index is 12.5. The molecule has 0 bridgehead atoms. The average molecular weight is 384 g/mol. The molecule has 0 heterocycles. The van der Waals surface area contributed by atoms with Crippen molar-refractivity contribution in [1.29, 1.82) is 0 Å². The minimum atomic E-state index is -2.94. The first-order valence-electron chi connectivity index (χ1n) is 9.01. The standard InChI is InChI=1S/C19H26F2N2O4/c1-13(18(24)23(2)15-7-5-4-6-8-15)27-22-12-14-9-10-16(26-19(20)21)17(11-14)25-3/h9-13,15,19H,4-8H2,1-3H3. The summed E-state index contributed by atoms with van der Waals surface area (Å²) >= 11 is 0. The highest BCUT2D eigenvalue weighted by molar-refractivity contribution is 5.82. The quantitative estimate of drug-likeness (QED) is 0.505. The monoisotopic (exact) mass is 384 g/mol. The lowest BCUT2D eigenvalue weighted by atomic mass is 9.94. The van der Waals surface area contributed by atoms with E-state index in [1.807, 2.05) is 0 Å². The number of likely N-dealkylation sites (N-methyl/N-ethyl adjacent to an activating group) is 1. The van der Waals surface area contributed by atoms with E-state index >= 15 is 0 Å². The molecule has 1 unspecified atom stereocenters. The minimum absolute atomic E-state index is 0.0665. The number of hydrogen-bond donors (Lipinski definition) is 0. The lowest BCUT2D eigenvalue weighted by molar-refractivity contribution is -0.144. The Morgan fingerprint density at radius 1 is 1.26 bits per heavy atom. The summed E-state index contributed by atoms with van der Waals surface area (Å²) in [4.78, 5) is 19.5. The van der Waals surface area contributed by atoms with Crippen LogP contribution in [0.15, 0.2) is 23.4 Å². The lowest BCUT2D eigenvalue weighted by Crippen LogP contribution is -2.43. The molecule has 8 heteroatoms. The van der Waals surface area contributed by atoms with Crippen LogP contribution in [-0.4, -0.2) is 49.9 Å². The maximum atomic E-state index is 12.5. The van der Waals surface area contributed by atoms with Crippen molar-refractivity contribution in [3.8, 4) is 11.5 Å². The topological polar surface area (TPSA) is 60.4 Å². The summed E-state index contributed by atoms with van der Waals surface area (Å²) in [5.41, 5.74) is 0.564. The van der Waals surface area contributed by atoms with Crippen LogP contribution in [0.3, 0.4) is 0 Å². The molecule has 1 saturated carbocycles. The van der Waals surface area contributed by atoms with E-state index in [4.69, 9.17) is 9.57 Å². The molecule has 0 spiro atoms. The van der Waals surface area contributed by atoms with Crippen molar-refractivity contribution in [3.05, 3.63) is 23.8 Å². The van der Waals surface area contributed by atoms with Crippen molar-refractivity contribution >= 4 is 12.1 Å². The van der Waals surface area contributed by atoms with Gasteiger partial charge in [-0.2, -0.15) is 8.78 Å². The fraction of sp³-hybridized carbons (Fsp3) is 0.579. The number of oxime groups is 1. The van der Waals surface area contributed by atoms with Gasteiger partial charge in [-0.3, -0.25) is 4.79 Å². The zero-order valence-corrected chi connectivity index (χ0v) is 15.9. The maximum Gasteiger partial charge on any atom is 0.387 e. The van der Waals surface area contributed by atoms with Gasteiger partial charge in [0, 0.05) is 18.7 Å². The highest BCUT2D eigenvalue weighted by Crippen LogP contribution is 2.29. The number of amides is 1. The summed E-state index contributed by atoms with van der Waals surface area (Å²) in [6.45, 7) is -1.28. The number of benzene rings is 1. The molecule has 0 aliphatic heterocycles. The number of nitrogens with zero attached hydrogens (tertiary/aromatic N) is 2. The molecule has 0 aromatic heterocycles. The molecule has 0 saturated heterocycles. The first-order valence-corrected chi connectivity index (χ1v) is 9.01. The summed E-state index contributed by atoms with van der Waals surface area (Å²) in [5, 5.41) is 3.84. The van der Waals surface area contributed by atoms with E-state index in [-0.39, 0.29) is 23.4 Å². The predicted molar refractivity (Wildman–Crippen MR) is 97.4 cm³/mol. The smallest absolute Gasteiger partial charge is 0.387 e. The van der Waals surface area contributed by atoms with Crippen molar-refractivity contribution in [2.24, 2.45) is 5.16 Å².